The molecule has 2 saturated heterocycles. The molecule has 2 atom stereocenters. The van der Waals surface area contributed by atoms with Crippen molar-refractivity contribution in [3.8, 4) is 0 Å². The molecule has 13 heteroatoms. The van der Waals surface area contributed by atoms with Crippen LogP contribution in [-0.2, 0) is 14.7 Å². The Balaban J connectivity index is 1.69. The fourth-order valence-electron chi connectivity index (χ4n) is 2.82. The van der Waals surface area contributed by atoms with Crippen LogP contribution in [0.15, 0.2) is 18.3 Å². The lowest BCUT2D eigenvalue weighted by atomic mass is 10.00. The SMILES string of the molecule is N=C(NC(=O)c1cccnn1)[C@@H]1CC[C@@H]2CN1C(=O)N2OS(=O)(=O)O. The number of carbonyl (C=O) groups excluding carboxylic acids is 2. The number of amidine groups is 1. The van der Waals surface area contributed by atoms with E-state index in [0.717, 1.165) is 0 Å². The zero-order chi connectivity index (χ0) is 18.2. The number of aromatic nitrogens is 2. The quantitative estimate of drug-likeness (QED) is 0.351. The first-order valence-corrected chi connectivity index (χ1v) is 8.57. The summed E-state index contributed by atoms with van der Waals surface area (Å²) in [5.74, 6) is -0.867. The van der Waals surface area contributed by atoms with Gasteiger partial charge in [-0.05, 0) is 25.0 Å². The number of fused-ring (bicyclic) bond motifs is 2. The van der Waals surface area contributed by atoms with Gasteiger partial charge in [0.25, 0.3) is 5.91 Å². The molecule has 0 spiro atoms. The van der Waals surface area contributed by atoms with Crippen molar-refractivity contribution in [2.24, 2.45) is 0 Å². The van der Waals surface area contributed by atoms with Crippen LogP contribution in [0.5, 0.6) is 0 Å². The average Bonchev–Trinajstić information content (AvgIpc) is 2.79. The molecular weight excluding hydrogens is 356 g/mol. The Morgan fingerprint density at radius 2 is 2.20 bits per heavy atom. The van der Waals surface area contributed by atoms with Gasteiger partial charge < -0.3 is 10.2 Å². The number of nitrogens with one attached hydrogen (secondary N) is 2. The van der Waals surface area contributed by atoms with Gasteiger partial charge in [0.05, 0.1) is 12.1 Å². The van der Waals surface area contributed by atoms with Crippen LogP contribution in [0.2, 0.25) is 0 Å². The van der Waals surface area contributed by atoms with Crippen molar-refractivity contribution in [1.82, 2.24) is 25.5 Å². The summed E-state index contributed by atoms with van der Waals surface area (Å²) in [6.07, 6.45) is 2.06. The maximum Gasteiger partial charge on any atom is 0.418 e. The second-order valence-electron chi connectivity index (χ2n) is 5.49. The van der Waals surface area contributed by atoms with Crippen LogP contribution in [0.25, 0.3) is 0 Å². The topological polar surface area (TPSA) is 166 Å². The fraction of sp³-hybridized carbons (Fsp3) is 0.417. The summed E-state index contributed by atoms with van der Waals surface area (Å²) in [6.45, 7) is 0.114. The number of piperidine rings is 1. The standard InChI is InChI=1S/C12H14N6O6S/c13-10(15-11(19)8-2-1-5-14-16-8)9-4-3-7-6-17(9)12(20)18(7)24-25(21,22)23/h1-2,5,7,9H,3-4,6H2,(H2,13,15,19)(H,21,22,23)/t7-,9+/m1/s1. The van der Waals surface area contributed by atoms with Gasteiger partial charge in [0.15, 0.2) is 5.69 Å². The highest BCUT2D eigenvalue weighted by molar-refractivity contribution is 7.80. The molecule has 1 aromatic rings. The van der Waals surface area contributed by atoms with E-state index in [9.17, 15) is 18.0 Å². The lowest BCUT2D eigenvalue weighted by molar-refractivity contribution is -0.0316. The van der Waals surface area contributed by atoms with E-state index in [-0.39, 0.29) is 18.1 Å². The normalized spacial score (nSPS) is 22.8. The third-order valence-corrected chi connectivity index (χ3v) is 4.23. The summed E-state index contributed by atoms with van der Waals surface area (Å²) in [5.41, 5.74) is 0.0185. The second-order valence-corrected chi connectivity index (χ2v) is 6.49. The van der Waals surface area contributed by atoms with Crippen molar-refractivity contribution < 1.29 is 26.8 Å². The van der Waals surface area contributed by atoms with Crippen molar-refractivity contribution in [3.63, 3.8) is 0 Å². The number of rotatable bonds is 4. The first-order valence-electron chi connectivity index (χ1n) is 7.20. The van der Waals surface area contributed by atoms with Crippen molar-refractivity contribution in [3.05, 3.63) is 24.0 Å². The molecule has 2 aliphatic heterocycles. The Kier molecular flexibility index (Phi) is 4.36. The van der Waals surface area contributed by atoms with Gasteiger partial charge in [-0.3, -0.25) is 14.8 Å². The van der Waals surface area contributed by atoms with Crippen molar-refractivity contribution in [1.29, 1.82) is 5.41 Å². The van der Waals surface area contributed by atoms with Crippen molar-refractivity contribution >= 4 is 28.2 Å². The molecule has 134 valence electrons. The predicted molar refractivity (Wildman–Crippen MR) is 80.6 cm³/mol. The van der Waals surface area contributed by atoms with Gasteiger partial charge in [-0.25, -0.2) is 4.79 Å². The maximum absolute atomic E-state index is 12.3. The van der Waals surface area contributed by atoms with Gasteiger partial charge in [-0.1, -0.05) is 0 Å². The molecule has 3 rings (SSSR count). The van der Waals surface area contributed by atoms with Crippen LogP contribution in [0.3, 0.4) is 0 Å². The molecule has 1 aromatic heterocycles. The number of hydrogen-bond donors (Lipinski definition) is 3. The lowest BCUT2D eigenvalue weighted by Gasteiger charge is -2.30. The van der Waals surface area contributed by atoms with Crippen LogP contribution in [0.1, 0.15) is 23.3 Å². The molecule has 3 amide bonds. The number of urea groups is 1. The van der Waals surface area contributed by atoms with Gasteiger partial charge in [-0.15, -0.1) is 9.38 Å². The highest BCUT2D eigenvalue weighted by atomic mass is 32.3. The number of nitrogens with zero attached hydrogens (tertiary/aromatic N) is 4. The van der Waals surface area contributed by atoms with E-state index in [1.54, 1.807) is 0 Å². The zero-order valence-electron chi connectivity index (χ0n) is 12.7. The molecule has 0 aliphatic carbocycles. The summed E-state index contributed by atoms with van der Waals surface area (Å²) in [6, 6.07) is 0.831. The minimum Gasteiger partial charge on any atom is -0.310 e. The van der Waals surface area contributed by atoms with E-state index < -0.39 is 34.4 Å². The van der Waals surface area contributed by atoms with Crippen LogP contribution in [-0.4, -0.2) is 69.5 Å². The van der Waals surface area contributed by atoms with E-state index in [4.69, 9.17) is 9.96 Å². The summed E-state index contributed by atoms with van der Waals surface area (Å²) in [4.78, 5) is 25.5. The number of hydrogen-bond acceptors (Lipinski definition) is 8. The van der Waals surface area contributed by atoms with E-state index in [2.05, 4.69) is 19.8 Å². The van der Waals surface area contributed by atoms with Gasteiger partial charge in [0.2, 0.25) is 0 Å². The molecule has 0 aromatic carbocycles. The second kappa shape index (κ2) is 6.34. The fourth-order valence-corrected chi connectivity index (χ4v) is 3.21. The predicted octanol–water partition coefficient (Wildman–Crippen LogP) is -0.813. The molecule has 2 fully saturated rings. The zero-order valence-corrected chi connectivity index (χ0v) is 13.5. The van der Waals surface area contributed by atoms with E-state index >= 15 is 0 Å². The third-order valence-electron chi connectivity index (χ3n) is 3.88. The van der Waals surface area contributed by atoms with E-state index in [0.29, 0.717) is 17.9 Å². The lowest BCUT2D eigenvalue weighted by Crippen LogP contribution is -2.50. The molecular formula is C12H14N6O6S. The molecule has 12 nitrogen and oxygen atoms in total. The minimum absolute atomic E-state index is 0.0185. The Morgan fingerprint density at radius 1 is 1.44 bits per heavy atom. The molecule has 3 heterocycles. The molecule has 2 bridgehead atoms. The monoisotopic (exact) mass is 370 g/mol. The molecule has 3 N–H and O–H groups in total. The molecule has 0 saturated carbocycles. The largest absolute Gasteiger partial charge is 0.418 e. The van der Waals surface area contributed by atoms with Crippen molar-refractivity contribution in [2.45, 2.75) is 24.9 Å². The molecule has 0 radical (unpaired) electrons. The highest BCUT2D eigenvalue weighted by Gasteiger charge is 2.48. The van der Waals surface area contributed by atoms with Crippen LogP contribution >= 0.6 is 0 Å². The third kappa shape index (κ3) is 3.57. The summed E-state index contributed by atoms with van der Waals surface area (Å²) in [5, 5.41) is 18.2. The first kappa shape index (κ1) is 17.2. The van der Waals surface area contributed by atoms with Crippen LogP contribution < -0.4 is 5.32 Å². The van der Waals surface area contributed by atoms with E-state index in [1.807, 2.05) is 0 Å². The number of amides is 3. The Bertz CT molecular complexity index is 815. The first-order chi connectivity index (χ1) is 11.8. The summed E-state index contributed by atoms with van der Waals surface area (Å²) in [7, 11) is -4.83. The molecule has 0 unspecified atom stereocenters. The Hall–Kier alpha value is -2.64. The summed E-state index contributed by atoms with van der Waals surface area (Å²) >= 11 is 0. The van der Waals surface area contributed by atoms with Crippen LogP contribution in [0, 0.1) is 5.41 Å². The van der Waals surface area contributed by atoms with Gasteiger partial charge in [0.1, 0.15) is 5.84 Å². The van der Waals surface area contributed by atoms with Gasteiger partial charge in [-0.2, -0.15) is 18.6 Å². The Labute approximate surface area is 142 Å². The maximum atomic E-state index is 12.3. The average molecular weight is 370 g/mol. The summed E-state index contributed by atoms with van der Waals surface area (Å²) < 4.78 is 34.8. The smallest absolute Gasteiger partial charge is 0.310 e. The number of hydroxylamine groups is 2. The van der Waals surface area contributed by atoms with Gasteiger partial charge >= 0.3 is 16.4 Å². The van der Waals surface area contributed by atoms with E-state index in [1.165, 1.54) is 23.2 Å². The van der Waals surface area contributed by atoms with Crippen LogP contribution in [0.4, 0.5) is 4.79 Å². The number of carbonyl (C=O) groups is 2. The minimum atomic E-state index is -4.83. The highest BCUT2D eigenvalue weighted by Crippen LogP contribution is 2.30. The Morgan fingerprint density at radius 3 is 2.84 bits per heavy atom. The van der Waals surface area contributed by atoms with Crippen molar-refractivity contribution in [2.75, 3.05) is 6.54 Å². The van der Waals surface area contributed by atoms with Gasteiger partial charge in [0, 0.05) is 12.7 Å². The molecule has 25 heavy (non-hydrogen) atoms. The molecule has 2 aliphatic rings.